The van der Waals surface area contributed by atoms with E-state index >= 15 is 0 Å². The molecule has 19 heavy (non-hydrogen) atoms. The van der Waals surface area contributed by atoms with Crippen molar-refractivity contribution < 1.29 is 18.8 Å². The van der Waals surface area contributed by atoms with Gasteiger partial charge < -0.3 is 15.8 Å². The maximum Gasteiger partial charge on any atom is 0.295 e. The second-order valence-corrected chi connectivity index (χ2v) is 4.30. The van der Waals surface area contributed by atoms with Gasteiger partial charge >= 0.3 is 0 Å². The molecule has 1 aliphatic heterocycles. The zero-order chi connectivity index (χ0) is 14.0. The summed E-state index contributed by atoms with van der Waals surface area (Å²) in [7, 11) is 0. The van der Waals surface area contributed by atoms with Crippen molar-refractivity contribution in [3.05, 3.63) is 34.1 Å². The van der Waals surface area contributed by atoms with Crippen molar-refractivity contribution in [1.29, 1.82) is 0 Å². The Kier molecular flexibility index (Phi) is 3.45. The third-order valence-corrected chi connectivity index (χ3v) is 2.93. The van der Waals surface area contributed by atoms with Gasteiger partial charge in [0.1, 0.15) is 5.54 Å². The number of nitrogens with one attached hydrogen (secondary N) is 1. The summed E-state index contributed by atoms with van der Waals surface area (Å²) in [5.74, 6) is -1.58. The quantitative estimate of drug-likeness (QED) is 0.623. The number of halogens is 1. The van der Waals surface area contributed by atoms with Crippen molar-refractivity contribution in [1.82, 2.24) is 0 Å². The fraction of sp³-hybridized carbons (Fsp3) is 0.364. The molecule has 102 valence electrons. The number of hydrogen-bond donors (Lipinski definition) is 2. The van der Waals surface area contributed by atoms with E-state index in [1.54, 1.807) is 0 Å². The zero-order valence-electron chi connectivity index (χ0n) is 9.89. The van der Waals surface area contributed by atoms with Crippen molar-refractivity contribution in [3.63, 3.8) is 0 Å². The SMILES string of the molecule is NC1(C(=O)Nc2c(F)cccc2[N+](=O)[O-])CCOC1. The second-order valence-electron chi connectivity index (χ2n) is 4.30. The van der Waals surface area contributed by atoms with Gasteiger partial charge in [-0.05, 0) is 12.5 Å². The van der Waals surface area contributed by atoms with Gasteiger partial charge in [-0.1, -0.05) is 6.07 Å². The smallest absolute Gasteiger partial charge is 0.295 e. The highest BCUT2D eigenvalue weighted by atomic mass is 19.1. The Bertz CT molecular complexity index is 529. The van der Waals surface area contributed by atoms with E-state index < -0.39 is 33.6 Å². The fourth-order valence-electron chi connectivity index (χ4n) is 1.79. The summed E-state index contributed by atoms with van der Waals surface area (Å²) >= 11 is 0. The first-order valence-corrected chi connectivity index (χ1v) is 5.55. The van der Waals surface area contributed by atoms with E-state index in [0.717, 1.165) is 12.1 Å². The fourth-order valence-corrected chi connectivity index (χ4v) is 1.79. The Morgan fingerprint density at radius 2 is 2.32 bits per heavy atom. The molecule has 0 aromatic heterocycles. The molecule has 1 heterocycles. The molecule has 8 heteroatoms. The lowest BCUT2D eigenvalue weighted by molar-refractivity contribution is -0.384. The van der Waals surface area contributed by atoms with Crippen molar-refractivity contribution in [3.8, 4) is 0 Å². The minimum absolute atomic E-state index is 0.00107. The van der Waals surface area contributed by atoms with E-state index in [1.807, 2.05) is 0 Å². The zero-order valence-corrected chi connectivity index (χ0v) is 9.89. The van der Waals surface area contributed by atoms with E-state index in [2.05, 4.69) is 5.32 Å². The number of nitro groups is 1. The Morgan fingerprint density at radius 1 is 1.58 bits per heavy atom. The minimum Gasteiger partial charge on any atom is -0.379 e. The Morgan fingerprint density at radius 3 is 2.89 bits per heavy atom. The molecule has 0 spiro atoms. The summed E-state index contributed by atoms with van der Waals surface area (Å²) in [5, 5.41) is 13.0. The molecule has 1 fully saturated rings. The molecule has 1 amide bonds. The summed E-state index contributed by atoms with van der Waals surface area (Å²) in [6.45, 7) is 0.324. The monoisotopic (exact) mass is 269 g/mol. The Hall–Kier alpha value is -2.06. The van der Waals surface area contributed by atoms with Crippen LogP contribution < -0.4 is 11.1 Å². The van der Waals surface area contributed by atoms with Crippen LogP contribution in [0.25, 0.3) is 0 Å². The summed E-state index contributed by atoms with van der Waals surface area (Å²) in [6, 6.07) is 3.32. The van der Waals surface area contributed by atoms with Crippen LogP contribution in [0.3, 0.4) is 0 Å². The number of hydrogen-bond acceptors (Lipinski definition) is 5. The molecule has 1 saturated heterocycles. The van der Waals surface area contributed by atoms with Crippen LogP contribution in [0, 0.1) is 15.9 Å². The second kappa shape index (κ2) is 4.90. The number of carbonyl (C=O) groups is 1. The average Bonchev–Trinajstić information content (AvgIpc) is 2.79. The van der Waals surface area contributed by atoms with Gasteiger partial charge in [0, 0.05) is 12.7 Å². The highest BCUT2D eigenvalue weighted by Gasteiger charge is 2.39. The van der Waals surface area contributed by atoms with Gasteiger partial charge in [0.25, 0.3) is 5.69 Å². The highest BCUT2D eigenvalue weighted by molar-refractivity contribution is 6.00. The molecule has 0 radical (unpaired) electrons. The van der Waals surface area contributed by atoms with Crippen molar-refractivity contribution in [2.24, 2.45) is 5.73 Å². The normalized spacial score (nSPS) is 22.2. The molecular formula is C11H12FN3O4. The lowest BCUT2D eigenvalue weighted by atomic mass is 9.99. The van der Waals surface area contributed by atoms with Crippen LogP contribution >= 0.6 is 0 Å². The highest BCUT2D eigenvalue weighted by Crippen LogP contribution is 2.28. The number of nitro benzene ring substituents is 1. The van der Waals surface area contributed by atoms with Crippen molar-refractivity contribution in [2.45, 2.75) is 12.0 Å². The predicted octanol–water partition coefficient (Wildman–Crippen LogP) is 0.790. The maximum atomic E-state index is 13.6. The van der Waals surface area contributed by atoms with Gasteiger partial charge in [-0.3, -0.25) is 14.9 Å². The van der Waals surface area contributed by atoms with Gasteiger partial charge in [0.2, 0.25) is 5.91 Å². The number of nitrogens with zero attached hydrogens (tertiary/aromatic N) is 1. The van der Waals surface area contributed by atoms with Crippen LogP contribution in [0.2, 0.25) is 0 Å². The van der Waals surface area contributed by atoms with Crippen LogP contribution in [0.5, 0.6) is 0 Å². The van der Waals surface area contributed by atoms with Gasteiger partial charge in [-0.25, -0.2) is 4.39 Å². The molecule has 1 aromatic rings. The molecule has 1 unspecified atom stereocenters. The minimum atomic E-state index is -1.28. The van der Waals surface area contributed by atoms with E-state index in [0.29, 0.717) is 6.61 Å². The summed E-state index contributed by atoms with van der Waals surface area (Å²) < 4.78 is 18.6. The van der Waals surface area contributed by atoms with Crippen LogP contribution in [0.1, 0.15) is 6.42 Å². The molecule has 7 nitrogen and oxygen atoms in total. The maximum absolute atomic E-state index is 13.6. The molecule has 1 atom stereocenters. The molecule has 0 saturated carbocycles. The van der Waals surface area contributed by atoms with Crippen LogP contribution in [0.4, 0.5) is 15.8 Å². The third-order valence-electron chi connectivity index (χ3n) is 2.93. The van der Waals surface area contributed by atoms with Crippen molar-refractivity contribution >= 4 is 17.3 Å². The van der Waals surface area contributed by atoms with Gasteiger partial charge in [-0.15, -0.1) is 0 Å². The number of nitrogens with two attached hydrogens (primary N) is 1. The predicted molar refractivity (Wildman–Crippen MR) is 64.0 cm³/mol. The Labute approximate surface area is 107 Å². The van der Waals surface area contributed by atoms with Crippen molar-refractivity contribution in [2.75, 3.05) is 18.5 Å². The lowest BCUT2D eigenvalue weighted by Crippen LogP contribution is -2.51. The lowest BCUT2D eigenvalue weighted by Gasteiger charge is -2.20. The van der Waals surface area contributed by atoms with E-state index in [4.69, 9.17) is 10.5 Å². The number of ether oxygens (including phenoxy) is 1. The number of amides is 1. The molecular weight excluding hydrogens is 257 g/mol. The molecule has 0 aliphatic carbocycles. The standard InChI is InChI=1S/C11H12FN3O4/c12-7-2-1-3-8(15(17)18)9(7)14-10(16)11(13)4-5-19-6-11/h1-3H,4-6,13H2,(H,14,16). The van der Waals surface area contributed by atoms with E-state index in [1.165, 1.54) is 6.07 Å². The molecule has 1 aliphatic rings. The third kappa shape index (κ3) is 2.54. The largest absolute Gasteiger partial charge is 0.379 e. The van der Waals surface area contributed by atoms with Gasteiger partial charge in [-0.2, -0.15) is 0 Å². The van der Waals surface area contributed by atoms with Gasteiger partial charge in [0.05, 0.1) is 11.5 Å². The number of anilines is 1. The summed E-state index contributed by atoms with van der Waals surface area (Å²) in [6.07, 6.45) is 0.279. The number of carbonyl (C=O) groups excluding carboxylic acids is 1. The molecule has 1 aromatic carbocycles. The first-order valence-electron chi connectivity index (χ1n) is 5.55. The van der Waals surface area contributed by atoms with E-state index in [9.17, 15) is 19.3 Å². The molecule has 2 rings (SSSR count). The molecule has 0 bridgehead atoms. The van der Waals surface area contributed by atoms with Crippen LogP contribution in [0.15, 0.2) is 18.2 Å². The summed E-state index contributed by atoms with van der Waals surface area (Å²) in [5.41, 5.74) is 3.52. The molecule has 3 N–H and O–H groups in total. The van der Waals surface area contributed by atoms with E-state index in [-0.39, 0.29) is 13.0 Å². The topological polar surface area (TPSA) is 107 Å². The van der Waals surface area contributed by atoms with Gasteiger partial charge in [0.15, 0.2) is 11.5 Å². The average molecular weight is 269 g/mol. The van der Waals surface area contributed by atoms with Crippen LogP contribution in [-0.2, 0) is 9.53 Å². The first kappa shape index (κ1) is 13.4. The number of rotatable bonds is 3. The van der Waals surface area contributed by atoms with Crippen LogP contribution in [-0.4, -0.2) is 29.6 Å². The Balaban J connectivity index is 2.28. The number of para-hydroxylation sites is 1. The first-order chi connectivity index (χ1) is 8.94. The number of benzene rings is 1. The summed E-state index contributed by atoms with van der Waals surface area (Å²) in [4.78, 5) is 22.0.